The molecular weight excluding hydrogens is 741 g/mol. The van der Waals surface area contributed by atoms with Crippen LogP contribution in [0.15, 0.2) is 12.2 Å². The summed E-state index contributed by atoms with van der Waals surface area (Å²) in [5.41, 5.74) is 0. The molecule has 0 aromatic heterocycles. The molecule has 1 rings (SSSR count). The lowest BCUT2D eigenvalue weighted by atomic mass is 10.00. The zero-order chi connectivity index (χ0) is 41.3. The molecule has 1 aliphatic rings. The molecule has 1 heterocycles. The monoisotopic (exact) mass is 820 g/mol. The topological polar surface area (TPSA) is 189 Å². The summed E-state index contributed by atoms with van der Waals surface area (Å²) in [4.78, 5) is 25.3. The van der Waals surface area contributed by atoms with Crippen LogP contribution in [-0.2, 0) is 38.7 Å². The lowest BCUT2D eigenvalue weighted by Gasteiger charge is -2.40. The Morgan fingerprint density at radius 2 is 1.04 bits per heavy atom. The highest BCUT2D eigenvalue weighted by molar-refractivity contribution is 7.85. The third kappa shape index (κ3) is 28.7. The van der Waals surface area contributed by atoms with Gasteiger partial charge in [-0.1, -0.05) is 154 Å². The Balaban J connectivity index is 2.46. The Bertz CT molecular complexity index is 1100. The average molecular weight is 820 g/mol. The number of hydrogen-bond donors (Lipinski definition) is 3. The van der Waals surface area contributed by atoms with Crippen LogP contribution in [0.1, 0.15) is 194 Å². The van der Waals surface area contributed by atoms with Crippen LogP contribution >= 0.6 is 0 Å². The van der Waals surface area contributed by atoms with Gasteiger partial charge in [0.05, 0.1) is 22.5 Å². The summed E-state index contributed by atoms with van der Waals surface area (Å²) in [5, 5.41) is 30.8. The second kappa shape index (κ2) is 34.3. The molecule has 12 nitrogen and oxygen atoms in total. The fraction of sp³-hybridized carbons (Fsp3) is 0.907. The molecule has 1 aliphatic heterocycles. The zero-order valence-corrected chi connectivity index (χ0v) is 35.8. The maximum Gasteiger partial charge on any atom is 0.306 e. The summed E-state index contributed by atoms with van der Waals surface area (Å²) in [6.45, 7) is 3.72. The van der Waals surface area contributed by atoms with E-state index in [4.69, 9.17) is 18.9 Å². The van der Waals surface area contributed by atoms with E-state index in [1.165, 1.54) is 96.3 Å². The van der Waals surface area contributed by atoms with Gasteiger partial charge < -0.3 is 38.8 Å². The van der Waals surface area contributed by atoms with Crippen LogP contribution in [0.3, 0.4) is 0 Å². The van der Waals surface area contributed by atoms with E-state index in [2.05, 4.69) is 26.0 Å². The van der Waals surface area contributed by atoms with Gasteiger partial charge in [-0.05, 0) is 38.5 Å². The van der Waals surface area contributed by atoms with Crippen LogP contribution in [0.2, 0.25) is 0 Å². The number of carbonyl (C=O) groups excluding carboxylic acids is 2. The molecule has 0 bridgehead atoms. The normalized spacial score (nSPS) is 20.7. The highest BCUT2D eigenvalue weighted by Gasteiger charge is 2.45. The SMILES string of the molecule is CCCCCCCC/C=C\CCCCCCCC(=O)OC[C@@H](CO[C@H]1O[C@H](CS(=O)(=O)[O-])[C@@H](O)[C@H](O)[C@H]1O)OC(=O)CCCCCCCCCCCCCCC. The molecule has 0 aromatic rings. The van der Waals surface area contributed by atoms with Gasteiger partial charge in [0.25, 0.3) is 0 Å². The van der Waals surface area contributed by atoms with Gasteiger partial charge >= 0.3 is 11.9 Å². The number of allylic oxidation sites excluding steroid dienone is 2. The molecule has 1 saturated heterocycles. The lowest BCUT2D eigenvalue weighted by Crippen LogP contribution is -2.60. The van der Waals surface area contributed by atoms with Crippen molar-refractivity contribution in [1.82, 2.24) is 0 Å². The molecule has 0 aliphatic carbocycles. The first-order valence-electron chi connectivity index (χ1n) is 22.2. The van der Waals surface area contributed by atoms with E-state index in [-0.39, 0.29) is 19.4 Å². The molecule has 56 heavy (non-hydrogen) atoms. The van der Waals surface area contributed by atoms with E-state index in [0.29, 0.717) is 12.8 Å². The fourth-order valence-electron chi connectivity index (χ4n) is 6.84. The van der Waals surface area contributed by atoms with Crippen molar-refractivity contribution in [2.45, 2.75) is 230 Å². The van der Waals surface area contributed by atoms with Crippen LogP contribution in [-0.4, -0.2) is 96.0 Å². The van der Waals surface area contributed by atoms with Crippen molar-refractivity contribution in [1.29, 1.82) is 0 Å². The Kier molecular flexibility index (Phi) is 32.1. The van der Waals surface area contributed by atoms with Crippen molar-refractivity contribution in [3.63, 3.8) is 0 Å². The number of aliphatic hydroxyl groups excluding tert-OH is 3. The number of esters is 2. The molecule has 0 radical (unpaired) electrons. The van der Waals surface area contributed by atoms with Gasteiger partial charge in [-0.25, -0.2) is 8.42 Å². The van der Waals surface area contributed by atoms with E-state index >= 15 is 0 Å². The van der Waals surface area contributed by atoms with Crippen LogP contribution in [0.25, 0.3) is 0 Å². The van der Waals surface area contributed by atoms with Gasteiger partial charge in [0.1, 0.15) is 31.0 Å². The summed E-state index contributed by atoms with van der Waals surface area (Å²) in [6, 6.07) is 0. The average Bonchev–Trinajstić information content (AvgIpc) is 3.16. The standard InChI is InChI=1S/C43H80O12S/c1-3-5-7-9-11-13-15-17-18-20-21-23-25-27-29-31-38(44)52-33-36(34-53-43-42(48)41(47)40(46)37(55-43)35-56(49,50)51)54-39(45)32-30-28-26-24-22-19-16-14-12-10-8-6-4-2/h17-18,36-37,40-43,46-48H,3-16,19-35H2,1-2H3,(H,49,50,51)/p-1/b18-17-/t36-,37+,40+,41-,42+,43-/m0/s1. The Labute approximate surface area is 339 Å². The lowest BCUT2D eigenvalue weighted by molar-refractivity contribution is -0.297. The minimum atomic E-state index is -4.85. The quantitative estimate of drug-likeness (QED) is 0.0236. The Hall–Kier alpha value is -1.61. The first-order chi connectivity index (χ1) is 27.0. The van der Waals surface area contributed by atoms with E-state index in [9.17, 15) is 37.9 Å². The summed E-state index contributed by atoms with van der Waals surface area (Å²) in [5.74, 6) is -2.11. The molecule has 330 valence electrons. The van der Waals surface area contributed by atoms with Gasteiger partial charge in [0.2, 0.25) is 0 Å². The van der Waals surface area contributed by atoms with Crippen molar-refractivity contribution in [3.05, 3.63) is 12.2 Å². The highest BCUT2D eigenvalue weighted by Crippen LogP contribution is 2.24. The third-order valence-electron chi connectivity index (χ3n) is 10.3. The van der Waals surface area contributed by atoms with Crippen molar-refractivity contribution in [3.8, 4) is 0 Å². The smallest absolute Gasteiger partial charge is 0.306 e. The molecule has 0 saturated carbocycles. The number of unbranched alkanes of at least 4 members (excludes halogenated alkanes) is 23. The van der Waals surface area contributed by atoms with E-state index in [0.717, 1.165) is 57.8 Å². The van der Waals surface area contributed by atoms with Gasteiger partial charge in [0, 0.05) is 12.8 Å². The minimum Gasteiger partial charge on any atom is -0.748 e. The largest absolute Gasteiger partial charge is 0.748 e. The molecule has 13 heteroatoms. The van der Waals surface area contributed by atoms with Gasteiger partial charge in [-0.3, -0.25) is 9.59 Å². The second-order valence-corrected chi connectivity index (χ2v) is 17.1. The zero-order valence-electron chi connectivity index (χ0n) is 35.0. The Morgan fingerprint density at radius 3 is 1.50 bits per heavy atom. The number of carbonyl (C=O) groups is 2. The number of aliphatic hydroxyl groups is 3. The molecule has 0 amide bonds. The van der Waals surface area contributed by atoms with E-state index in [1.807, 2.05) is 0 Å². The first kappa shape index (κ1) is 52.4. The van der Waals surface area contributed by atoms with Gasteiger partial charge in [0.15, 0.2) is 12.4 Å². The van der Waals surface area contributed by atoms with Crippen molar-refractivity contribution in [2.24, 2.45) is 0 Å². The molecular formula is C43H79O12S-. The molecule has 0 spiro atoms. The summed E-state index contributed by atoms with van der Waals surface area (Å²) in [6.07, 6.45) is 25.1. The maximum absolute atomic E-state index is 12.8. The van der Waals surface area contributed by atoms with Crippen LogP contribution in [0.5, 0.6) is 0 Å². The molecule has 0 unspecified atom stereocenters. The van der Waals surface area contributed by atoms with Crippen molar-refractivity contribution < 1.29 is 56.8 Å². The summed E-state index contributed by atoms with van der Waals surface area (Å²) >= 11 is 0. The molecule has 1 fully saturated rings. The second-order valence-electron chi connectivity index (χ2n) is 15.7. The highest BCUT2D eigenvalue weighted by atomic mass is 32.2. The van der Waals surface area contributed by atoms with Crippen LogP contribution in [0, 0.1) is 0 Å². The number of rotatable bonds is 37. The van der Waals surface area contributed by atoms with Gasteiger partial charge in [-0.15, -0.1) is 0 Å². The maximum atomic E-state index is 12.8. The third-order valence-corrected chi connectivity index (χ3v) is 11.1. The van der Waals surface area contributed by atoms with E-state index in [1.54, 1.807) is 0 Å². The molecule has 6 atom stereocenters. The predicted octanol–water partition coefficient (Wildman–Crippen LogP) is 8.33. The van der Waals surface area contributed by atoms with Crippen molar-refractivity contribution in [2.75, 3.05) is 19.0 Å². The minimum absolute atomic E-state index is 0.161. The van der Waals surface area contributed by atoms with Crippen LogP contribution < -0.4 is 0 Å². The van der Waals surface area contributed by atoms with Crippen molar-refractivity contribution >= 4 is 22.1 Å². The molecule has 0 aromatic carbocycles. The number of ether oxygens (including phenoxy) is 4. The first-order valence-corrected chi connectivity index (χ1v) is 23.8. The predicted molar refractivity (Wildman–Crippen MR) is 218 cm³/mol. The summed E-state index contributed by atoms with van der Waals surface area (Å²) < 4.78 is 55.8. The van der Waals surface area contributed by atoms with E-state index < -0.39 is 71.2 Å². The van der Waals surface area contributed by atoms with Crippen LogP contribution in [0.4, 0.5) is 0 Å². The van der Waals surface area contributed by atoms with Gasteiger partial charge in [-0.2, -0.15) is 0 Å². The number of hydrogen-bond acceptors (Lipinski definition) is 12. The fourth-order valence-corrected chi connectivity index (χ4v) is 7.52. The Morgan fingerprint density at radius 1 is 0.607 bits per heavy atom. The molecule has 3 N–H and O–H groups in total. The summed E-state index contributed by atoms with van der Waals surface area (Å²) in [7, 11) is -4.85.